The second kappa shape index (κ2) is 7.51. The molecule has 1 atom stereocenters. The molecule has 11 heteroatoms. The minimum absolute atomic E-state index is 0.0117. The SMILES string of the molecule is CC1(C)NC(=O)c2c(Cl)cc(Nc3ncnc4sc5c(c34)CC[C@H](C(=O)N3CCC3)C5)c(=O)n21. The molecule has 1 fully saturated rings. The van der Waals surface area contributed by atoms with Crippen molar-refractivity contribution in [3.63, 3.8) is 0 Å². The number of thiophene rings is 1. The Kier molecular flexibility index (Phi) is 4.76. The maximum atomic E-state index is 13.3. The number of aryl methyl sites for hydroxylation is 1. The van der Waals surface area contributed by atoms with E-state index in [2.05, 4.69) is 20.6 Å². The van der Waals surface area contributed by atoms with Crippen molar-refractivity contribution in [1.29, 1.82) is 0 Å². The number of anilines is 2. The van der Waals surface area contributed by atoms with E-state index in [1.54, 1.807) is 25.2 Å². The number of aromatic nitrogens is 3. The number of likely N-dealkylation sites (tertiary alicyclic amines) is 1. The monoisotopic (exact) mass is 498 g/mol. The number of carbonyl (C=O) groups is 2. The van der Waals surface area contributed by atoms with Gasteiger partial charge in [0.15, 0.2) is 0 Å². The average molecular weight is 499 g/mol. The number of rotatable bonds is 3. The summed E-state index contributed by atoms with van der Waals surface area (Å²) in [5.74, 6) is 0.416. The van der Waals surface area contributed by atoms with Crippen molar-refractivity contribution in [2.45, 2.75) is 45.2 Å². The van der Waals surface area contributed by atoms with E-state index in [4.69, 9.17) is 11.6 Å². The van der Waals surface area contributed by atoms with Gasteiger partial charge in [-0.25, -0.2) is 9.97 Å². The Bertz CT molecular complexity index is 1440. The number of hydrogen-bond donors (Lipinski definition) is 2. The Morgan fingerprint density at radius 1 is 1.29 bits per heavy atom. The highest BCUT2D eigenvalue weighted by molar-refractivity contribution is 7.19. The quantitative estimate of drug-likeness (QED) is 0.574. The second-order valence-electron chi connectivity index (χ2n) is 9.56. The lowest BCUT2D eigenvalue weighted by molar-refractivity contribution is -0.139. The molecule has 3 aromatic rings. The van der Waals surface area contributed by atoms with Gasteiger partial charge in [-0.3, -0.25) is 19.0 Å². The molecule has 3 aliphatic rings. The Labute approximate surface area is 204 Å². The molecule has 6 rings (SSSR count). The summed E-state index contributed by atoms with van der Waals surface area (Å²) in [4.78, 5) is 51.3. The van der Waals surface area contributed by atoms with E-state index in [0.717, 1.165) is 53.0 Å². The normalized spacial score (nSPS) is 20.5. The van der Waals surface area contributed by atoms with Crippen LogP contribution >= 0.6 is 22.9 Å². The van der Waals surface area contributed by atoms with E-state index < -0.39 is 5.66 Å². The maximum absolute atomic E-state index is 13.3. The third-order valence-electron chi connectivity index (χ3n) is 6.96. The lowest BCUT2D eigenvalue weighted by Gasteiger charge is -2.35. The third-order valence-corrected chi connectivity index (χ3v) is 8.41. The summed E-state index contributed by atoms with van der Waals surface area (Å²) >= 11 is 7.99. The van der Waals surface area contributed by atoms with Crippen LogP contribution in [-0.2, 0) is 23.3 Å². The van der Waals surface area contributed by atoms with Gasteiger partial charge in [-0.05, 0) is 51.2 Å². The summed E-state index contributed by atoms with van der Waals surface area (Å²) in [6.45, 7) is 5.23. The van der Waals surface area contributed by atoms with E-state index in [0.29, 0.717) is 12.2 Å². The van der Waals surface area contributed by atoms with E-state index in [-0.39, 0.29) is 39.7 Å². The van der Waals surface area contributed by atoms with E-state index in [1.165, 1.54) is 17.0 Å². The highest BCUT2D eigenvalue weighted by Crippen LogP contribution is 2.41. The third kappa shape index (κ3) is 3.15. The summed E-state index contributed by atoms with van der Waals surface area (Å²) in [5, 5.41) is 7.02. The van der Waals surface area contributed by atoms with Crippen molar-refractivity contribution in [2.24, 2.45) is 5.92 Å². The van der Waals surface area contributed by atoms with Crippen LogP contribution in [0.2, 0.25) is 5.02 Å². The highest BCUT2D eigenvalue weighted by Gasteiger charge is 2.38. The Morgan fingerprint density at radius 2 is 2.09 bits per heavy atom. The van der Waals surface area contributed by atoms with Crippen LogP contribution in [0.4, 0.5) is 11.5 Å². The smallest absolute Gasteiger partial charge is 0.276 e. The fourth-order valence-corrected chi connectivity index (χ4v) is 6.70. The summed E-state index contributed by atoms with van der Waals surface area (Å²) in [7, 11) is 0. The maximum Gasteiger partial charge on any atom is 0.276 e. The van der Waals surface area contributed by atoms with Crippen LogP contribution in [0.5, 0.6) is 0 Å². The van der Waals surface area contributed by atoms with Crippen LogP contribution in [0.3, 0.4) is 0 Å². The van der Waals surface area contributed by atoms with Gasteiger partial charge in [-0.15, -0.1) is 11.3 Å². The Balaban J connectivity index is 1.38. The van der Waals surface area contributed by atoms with Gasteiger partial charge >= 0.3 is 0 Å². The molecule has 1 saturated heterocycles. The van der Waals surface area contributed by atoms with Gasteiger partial charge < -0.3 is 15.5 Å². The van der Waals surface area contributed by atoms with Crippen LogP contribution < -0.4 is 16.2 Å². The van der Waals surface area contributed by atoms with E-state index in [1.807, 2.05) is 4.90 Å². The molecule has 0 spiro atoms. The molecule has 1 aliphatic carbocycles. The number of nitrogens with zero attached hydrogens (tertiary/aromatic N) is 4. The first-order valence-electron chi connectivity index (χ1n) is 11.3. The van der Waals surface area contributed by atoms with E-state index in [9.17, 15) is 14.4 Å². The summed E-state index contributed by atoms with van der Waals surface area (Å²) < 4.78 is 1.38. The molecule has 3 aromatic heterocycles. The van der Waals surface area contributed by atoms with Crippen LogP contribution in [0.15, 0.2) is 17.2 Å². The van der Waals surface area contributed by atoms with Crippen LogP contribution in [0, 0.1) is 5.92 Å². The molecule has 176 valence electrons. The molecule has 0 radical (unpaired) electrons. The van der Waals surface area contributed by atoms with Crippen molar-refractivity contribution in [2.75, 3.05) is 18.4 Å². The molecule has 5 heterocycles. The zero-order valence-electron chi connectivity index (χ0n) is 18.8. The molecular weight excluding hydrogens is 476 g/mol. The largest absolute Gasteiger partial charge is 0.342 e. The van der Waals surface area contributed by atoms with Crippen molar-refractivity contribution in [3.8, 4) is 0 Å². The molecule has 2 N–H and O–H groups in total. The molecule has 0 saturated carbocycles. The number of fused-ring (bicyclic) bond motifs is 4. The highest BCUT2D eigenvalue weighted by atomic mass is 35.5. The lowest BCUT2D eigenvalue weighted by Crippen LogP contribution is -2.46. The summed E-state index contributed by atoms with van der Waals surface area (Å²) in [6, 6.07) is 1.48. The van der Waals surface area contributed by atoms with Gasteiger partial charge in [0, 0.05) is 23.9 Å². The average Bonchev–Trinajstić information content (AvgIpc) is 3.24. The minimum Gasteiger partial charge on any atom is -0.342 e. The topological polar surface area (TPSA) is 109 Å². The number of nitrogens with one attached hydrogen (secondary N) is 2. The first-order chi connectivity index (χ1) is 16.2. The lowest BCUT2D eigenvalue weighted by atomic mass is 9.86. The molecule has 0 unspecified atom stereocenters. The molecule has 34 heavy (non-hydrogen) atoms. The molecular formula is C23H23ClN6O3S. The van der Waals surface area contributed by atoms with Crippen molar-refractivity contribution in [1.82, 2.24) is 24.8 Å². The minimum atomic E-state index is -0.897. The van der Waals surface area contributed by atoms with Crippen LogP contribution in [0.1, 0.15) is 47.6 Å². The van der Waals surface area contributed by atoms with Gasteiger partial charge in [0.05, 0.1) is 10.4 Å². The molecule has 2 aliphatic heterocycles. The zero-order chi connectivity index (χ0) is 23.8. The number of amides is 2. The van der Waals surface area contributed by atoms with Gasteiger partial charge in [-0.1, -0.05) is 11.6 Å². The van der Waals surface area contributed by atoms with Crippen LogP contribution in [-0.4, -0.2) is 44.3 Å². The van der Waals surface area contributed by atoms with Gasteiger partial charge in [0.1, 0.15) is 34.0 Å². The van der Waals surface area contributed by atoms with Crippen LogP contribution in [0.25, 0.3) is 10.2 Å². The standard InChI is InChI=1S/C23H23ClN6O3S/c1-23(2)28-19(31)17-13(24)9-14(22(33)30(17)23)27-18-16-12-5-4-11(21(32)29-6-3-7-29)8-15(12)34-20(16)26-10-25-18/h9-11H,3-8H2,1-2H3,(H,28,31)(H,25,26,27)/t11-/m0/s1. The molecule has 0 bridgehead atoms. The zero-order valence-corrected chi connectivity index (χ0v) is 20.3. The second-order valence-corrected chi connectivity index (χ2v) is 11.0. The Morgan fingerprint density at radius 3 is 2.82 bits per heavy atom. The Hall–Kier alpha value is -2.98. The molecule has 9 nitrogen and oxygen atoms in total. The number of carbonyl (C=O) groups excluding carboxylic acids is 2. The number of hydrogen-bond acceptors (Lipinski definition) is 7. The molecule has 2 amide bonds. The van der Waals surface area contributed by atoms with Gasteiger partial charge in [-0.2, -0.15) is 0 Å². The summed E-state index contributed by atoms with van der Waals surface area (Å²) in [5.41, 5.74) is 0.269. The van der Waals surface area contributed by atoms with Crippen molar-refractivity contribution >= 4 is 56.5 Å². The predicted octanol–water partition coefficient (Wildman–Crippen LogP) is 3.02. The first-order valence-corrected chi connectivity index (χ1v) is 12.5. The number of halogens is 1. The summed E-state index contributed by atoms with van der Waals surface area (Å²) in [6.07, 6.45) is 4.82. The van der Waals surface area contributed by atoms with Crippen molar-refractivity contribution in [3.05, 3.63) is 43.9 Å². The fraction of sp³-hybridized carbons (Fsp3) is 0.435. The van der Waals surface area contributed by atoms with Crippen molar-refractivity contribution < 1.29 is 9.59 Å². The predicted molar refractivity (Wildman–Crippen MR) is 130 cm³/mol. The van der Waals surface area contributed by atoms with Gasteiger partial charge in [0.25, 0.3) is 11.5 Å². The first kappa shape index (κ1) is 21.5. The van der Waals surface area contributed by atoms with E-state index >= 15 is 0 Å². The molecule has 0 aromatic carbocycles. The van der Waals surface area contributed by atoms with Gasteiger partial charge in [0.2, 0.25) is 5.91 Å². The number of pyridine rings is 1. The fourth-order valence-electron chi connectivity index (χ4n) is 5.15.